The van der Waals surface area contributed by atoms with E-state index >= 15 is 0 Å². The van der Waals surface area contributed by atoms with Gasteiger partial charge in [-0.2, -0.15) is 5.10 Å². The predicted molar refractivity (Wildman–Crippen MR) is 98.3 cm³/mol. The smallest absolute Gasteiger partial charge is 0.346 e. The second-order valence-electron chi connectivity index (χ2n) is 7.24. The van der Waals surface area contributed by atoms with Gasteiger partial charge in [-0.1, -0.05) is 30.3 Å². The number of nitrogens with zero attached hydrogens (tertiary/aromatic N) is 5. The second-order valence-corrected chi connectivity index (χ2v) is 7.24. The summed E-state index contributed by atoms with van der Waals surface area (Å²) in [5.74, 6) is 0.851. The van der Waals surface area contributed by atoms with E-state index in [0.29, 0.717) is 6.61 Å². The Bertz CT molecular complexity index is 977. The molecule has 0 N–H and O–H groups in total. The van der Waals surface area contributed by atoms with Crippen LogP contribution in [0.25, 0.3) is 0 Å². The van der Waals surface area contributed by atoms with Gasteiger partial charge in [-0.25, -0.2) is 9.48 Å². The maximum atomic E-state index is 12.9. The van der Waals surface area contributed by atoms with Gasteiger partial charge in [0.15, 0.2) is 0 Å². The zero-order valence-corrected chi connectivity index (χ0v) is 14.9. The van der Waals surface area contributed by atoms with Crippen LogP contribution in [0.4, 0.5) is 0 Å². The Morgan fingerprint density at radius 1 is 1.15 bits per heavy atom. The van der Waals surface area contributed by atoms with Crippen molar-refractivity contribution in [3.05, 3.63) is 76.5 Å². The molecule has 3 aromatic rings. The molecule has 138 valence electrons. The van der Waals surface area contributed by atoms with Crippen molar-refractivity contribution >= 4 is 0 Å². The van der Waals surface area contributed by atoms with E-state index in [1.165, 1.54) is 5.56 Å². The first-order chi connectivity index (χ1) is 13.3. The van der Waals surface area contributed by atoms with E-state index in [0.717, 1.165) is 37.2 Å². The number of ether oxygens (including phenoxy) is 1. The molecule has 1 saturated carbocycles. The molecule has 2 aromatic heterocycles. The maximum absolute atomic E-state index is 12.9. The van der Waals surface area contributed by atoms with Crippen LogP contribution < -0.4 is 5.69 Å². The maximum Gasteiger partial charge on any atom is 0.346 e. The van der Waals surface area contributed by atoms with Gasteiger partial charge >= 0.3 is 5.69 Å². The lowest BCUT2D eigenvalue weighted by Gasteiger charge is -2.34. The Labute approximate surface area is 156 Å². The Balaban J connectivity index is 1.26. The topological polar surface area (TPSA) is 74.8 Å². The van der Waals surface area contributed by atoms with Crippen molar-refractivity contribution < 1.29 is 4.74 Å². The molecule has 0 bridgehead atoms. The zero-order valence-electron chi connectivity index (χ0n) is 14.9. The summed E-state index contributed by atoms with van der Waals surface area (Å²) in [7, 11) is 0. The third-order valence-electron chi connectivity index (χ3n) is 5.53. The molecule has 1 aromatic carbocycles. The highest BCUT2D eigenvalue weighted by Crippen LogP contribution is 2.35. The average Bonchev–Trinajstić information content (AvgIpc) is 3.23. The molecule has 5 rings (SSSR count). The predicted octanol–water partition coefficient (Wildman–Crippen LogP) is 2.29. The van der Waals surface area contributed by atoms with Gasteiger partial charge in [0.25, 0.3) is 0 Å². The average molecular weight is 363 g/mol. The summed E-state index contributed by atoms with van der Waals surface area (Å²) in [5.41, 5.74) is 1.96. The molecule has 3 heterocycles. The van der Waals surface area contributed by atoms with Crippen molar-refractivity contribution in [2.24, 2.45) is 0 Å². The van der Waals surface area contributed by atoms with E-state index in [1.807, 2.05) is 18.2 Å². The normalized spacial score (nSPS) is 23.8. The fourth-order valence-electron chi connectivity index (χ4n) is 3.98. The number of hydrogen-bond donors (Lipinski definition) is 0. The van der Waals surface area contributed by atoms with Crippen LogP contribution in [0.2, 0.25) is 0 Å². The number of benzene rings is 1. The van der Waals surface area contributed by atoms with Gasteiger partial charge in [0.05, 0.1) is 36.7 Å². The quantitative estimate of drug-likeness (QED) is 0.695. The molecule has 1 aliphatic carbocycles. The lowest BCUT2D eigenvalue weighted by atomic mass is 9.89. The largest absolute Gasteiger partial charge is 0.373 e. The first kappa shape index (κ1) is 16.4. The number of aromatic nitrogens is 5. The van der Waals surface area contributed by atoms with Gasteiger partial charge in [0.1, 0.15) is 5.82 Å². The molecule has 1 fully saturated rings. The summed E-state index contributed by atoms with van der Waals surface area (Å²) in [4.78, 5) is 21.4. The zero-order chi connectivity index (χ0) is 18.2. The third kappa shape index (κ3) is 2.98. The molecule has 27 heavy (non-hydrogen) atoms. The SMILES string of the molecule is O=c1n(C2CC(OCc3ccccc3)C2)nc2n1C(c1cnccn1)CC2. The van der Waals surface area contributed by atoms with E-state index in [-0.39, 0.29) is 23.9 Å². The van der Waals surface area contributed by atoms with Crippen LogP contribution in [-0.2, 0) is 17.8 Å². The molecular weight excluding hydrogens is 342 g/mol. The van der Waals surface area contributed by atoms with Crippen LogP contribution in [0.5, 0.6) is 0 Å². The van der Waals surface area contributed by atoms with Gasteiger partial charge in [0, 0.05) is 18.8 Å². The number of fused-ring (bicyclic) bond motifs is 1. The van der Waals surface area contributed by atoms with Gasteiger partial charge < -0.3 is 4.74 Å². The minimum atomic E-state index is -0.0554. The highest BCUT2D eigenvalue weighted by atomic mass is 16.5. The minimum Gasteiger partial charge on any atom is -0.373 e. The molecule has 0 spiro atoms. The van der Waals surface area contributed by atoms with Gasteiger partial charge in [-0.15, -0.1) is 0 Å². The summed E-state index contributed by atoms with van der Waals surface area (Å²) in [6, 6.07) is 10.2. The molecule has 2 aliphatic rings. The Hall–Kier alpha value is -2.80. The fraction of sp³-hybridized carbons (Fsp3) is 0.400. The number of rotatable bonds is 5. The van der Waals surface area contributed by atoms with Gasteiger partial charge in [0.2, 0.25) is 0 Å². The lowest BCUT2D eigenvalue weighted by molar-refractivity contribution is -0.0394. The fourth-order valence-corrected chi connectivity index (χ4v) is 3.98. The van der Waals surface area contributed by atoms with E-state index in [1.54, 1.807) is 27.8 Å². The third-order valence-corrected chi connectivity index (χ3v) is 5.53. The summed E-state index contributed by atoms with van der Waals surface area (Å²) >= 11 is 0. The number of aryl methyl sites for hydroxylation is 1. The molecule has 1 aliphatic heterocycles. The van der Waals surface area contributed by atoms with Crippen LogP contribution in [-0.4, -0.2) is 30.4 Å². The van der Waals surface area contributed by atoms with Gasteiger partial charge in [-0.3, -0.25) is 14.5 Å². The van der Waals surface area contributed by atoms with Crippen molar-refractivity contribution in [1.82, 2.24) is 24.3 Å². The van der Waals surface area contributed by atoms with E-state index in [4.69, 9.17) is 4.74 Å². The van der Waals surface area contributed by atoms with Crippen LogP contribution in [0.15, 0.2) is 53.7 Å². The monoisotopic (exact) mass is 363 g/mol. The summed E-state index contributed by atoms with van der Waals surface area (Å²) in [5, 5.41) is 4.60. The molecule has 7 heteroatoms. The van der Waals surface area contributed by atoms with E-state index < -0.39 is 0 Å². The molecule has 0 radical (unpaired) electrons. The summed E-state index contributed by atoms with van der Waals surface area (Å²) in [6.07, 6.45) is 8.56. The molecule has 0 saturated heterocycles. The molecule has 7 nitrogen and oxygen atoms in total. The summed E-state index contributed by atoms with van der Waals surface area (Å²) in [6.45, 7) is 0.613. The minimum absolute atomic E-state index is 0.0373. The Morgan fingerprint density at radius 2 is 2.00 bits per heavy atom. The number of hydrogen-bond acceptors (Lipinski definition) is 5. The lowest BCUT2D eigenvalue weighted by Crippen LogP contribution is -2.39. The van der Waals surface area contributed by atoms with E-state index in [9.17, 15) is 4.79 Å². The Morgan fingerprint density at radius 3 is 2.78 bits per heavy atom. The first-order valence-electron chi connectivity index (χ1n) is 9.41. The molecule has 0 amide bonds. The molecule has 1 atom stereocenters. The molecular formula is C20H21N5O2. The van der Waals surface area contributed by atoms with E-state index in [2.05, 4.69) is 27.2 Å². The Kier molecular flexibility index (Phi) is 4.09. The molecule has 1 unspecified atom stereocenters. The first-order valence-corrected chi connectivity index (χ1v) is 9.41. The van der Waals surface area contributed by atoms with Crippen LogP contribution in [0, 0.1) is 0 Å². The van der Waals surface area contributed by atoms with Gasteiger partial charge in [-0.05, 0) is 24.8 Å². The van der Waals surface area contributed by atoms with Crippen LogP contribution >= 0.6 is 0 Å². The van der Waals surface area contributed by atoms with Crippen molar-refractivity contribution in [2.45, 2.75) is 50.5 Å². The summed E-state index contributed by atoms with van der Waals surface area (Å²) < 4.78 is 9.40. The van der Waals surface area contributed by atoms with Crippen molar-refractivity contribution in [3.63, 3.8) is 0 Å². The van der Waals surface area contributed by atoms with Crippen molar-refractivity contribution in [3.8, 4) is 0 Å². The van der Waals surface area contributed by atoms with Crippen LogP contribution in [0.1, 0.15) is 48.4 Å². The second kappa shape index (κ2) is 6.74. The van der Waals surface area contributed by atoms with Crippen molar-refractivity contribution in [1.29, 1.82) is 0 Å². The standard InChI is InChI=1S/C20H21N5O2/c26-20-24-18(17-12-21-8-9-22-17)6-7-19(24)23-25(20)15-10-16(11-15)27-13-14-4-2-1-3-5-14/h1-5,8-9,12,15-16,18H,6-7,10-11,13H2. The highest BCUT2D eigenvalue weighted by Gasteiger charge is 2.37. The van der Waals surface area contributed by atoms with Crippen molar-refractivity contribution in [2.75, 3.05) is 0 Å². The van der Waals surface area contributed by atoms with Crippen LogP contribution in [0.3, 0.4) is 0 Å². The highest BCUT2D eigenvalue weighted by molar-refractivity contribution is 5.14.